The number of rotatable bonds is 5. The number of carbonyl (C=O) groups is 1. The third-order valence-corrected chi connectivity index (χ3v) is 5.93. The Kier molecular flexibility index (Phi) is 5.67. The summed E-state index contributed by atoms with van der Waals surface area (Å²) in [4.78, 5) is 21.6. The highest BCUT2D eigenvalue weighted by Crippen LogP contribution is 2.36. The number of ether oxygens (including phenoxy) is 2. The average Bonchev–Trinajstić information content (AvgIpc) is 3.29. The first-order chi connectivity index (χ1) is 14.2. The Labute approximate surface area is 174 Å². The molecule has 1 aromatic heterocycles. The summed E-state index contributed by atoms with van der Waals surface area (Å²) in [6, 6.07) is 15.1. The predicted octanol–water partition coefficient (Wildman–Crippen LogP) is 3.79. The zero-order chi connectivity index (χ0) is 20.2. The summed E-state index contributed by atoms with van der Waals surface area (Å²) in [6.45, 7) is 2.90. The molecule has 0 aliphatic carbocycles. The van der Waals surface area contributed by atoms with Crippen molar-refractivity contribution < 1.29 is 14.3 Å². The Morgan fingerprint density at radius 3 is 2.45 bits per heavy atom. The minimum Gasteiger partial charge on any atom is -0.497 e. The Hall–Kier alpha value is -3.06. The molecule has 3 aromatic rings. The molecule has 150 valence electrons. The van der Waals surface area contributed by atoms with Gasteiger partial charge in [0.1, 0.15) is 11.5 Å². The smallest absolute Gasteiger partial charge is 0.253 e. The van der Waals surface area contributed by atoms with Crippen molar-refractivity contribution in [2.24, 2.45) is 0 Å². The van der Waals surface area contributed by atoms with Crippen LogP contribution in [-0.4, -0.2) is 56.2 Å². The van der Waals surface area contributed by atoms with Gasteiger partial charge in [0.05, 0.1) is 19.9 Å². The van der Waals surface area contributed by atoms with E-state index in [1.165, 1.54) is 0 Å². The van der Waals surface area contributed by atoms with Crippen LogP contribution in [0.5, 0.6) is 11.5 Å². The zero-order valence-corrected chi connectivity index (χ0v) is 17.3. The second-order valence-electron chi connectivity index (χ2n) is 6.73. The SMILES string of the molecule is COc1ccc(OC)c(-c2csc(N3CCN(C(=O)c4ccccc4)CC3)n2)c1. The van der Waals surface area contributed by atoms with E-state index in [-0.39, 0.29) is 5.91 Å². The molecule has 1 fully saturated rings. The molecule has 1 saturated heterocycles. The maximum absolute atomic E-state index is 12.6. The number of thiazole rings is 1. The van der Waals surface area contributed by atoms with Crippen molar-refractivity contribution >= 4 is 22.4 Å². The molecule has 0 unspecified atom stereocenters. The quantitative estimate of drug-likeness (QED) is 0.642. The van der Waals surface area contributed by atoms with Gasteiger partial charge < -0.3 is 19.3 Å². The van der Waals surface area contributed by atoms with Crippen LogP contribution in [0.1, 0.15) is 10.4 Å². The standard InChI is InChI=1S/C22H23N3O3S/c1-27-17-8-9-20(28-2)18(14-17)19-15-29-22(23-19)25-12-10-24(11-13-25)21(26)16-6-4-3-5-7-16/h3-9,14-15H,10-13H2,1-2H3. The molecule has 1 aliphatic heterocycles. The highest BCUT2D eigenvalue weighted by Gasteiger charge is 2.24. The van der Waals surface area contributed by atoms with Crippen molar-refractivity contribution in [3.8, 4) is 22.8 Å². The number of methoxy groups -OCH3 is 2. The average molecular weight is 410 g/mol. The predicted molar refractivity (Wildman–Crippen MR) is 115 cm³/mol. The zero-order valence-electron chi connectivity index (χ0n) is 16.5. The van der Waals surface area contributed by atoms with Gasteiger partial charge >= 0.3 is 0 Å². The summed E-state index contributed by atoms with van der Waals surface area (Å²) < 4.78 is 10.8. The van der Waals surface area contributed by atoms with Crippen LogP contribution in [0.3, 0.4) is 0 Å². The van der Waals surface area contributed by atoms with Crippen LogP contribution in [0.4, 0.5) is 5.13 Å². The minimum absolute atomic E-state index is 0.0891. The number of benzene rings is 2. The van der Waals surface area contributed by atoms with Crippen LogP contribution >= 0.6 is 11.3 Å². The van der Waals surface area contributed by atoms with E-state index in [4.69, 9.17) is 14.5 Å². The molecule has 2 aromatic carbocycles. The number of piperazine rings is 1. The fourth-order valence-electron chi connectivity index (χ4n) is 3.41. The van der Waals surface area contributed by atoms with Crippen LogP contribution in [0, 0.1) is 0 Å². The maximum Gasteiger partial charge on any atom is 0.253 e. The van der Waals surface area contributed by atoms with Crippen molar-refractivity contribution in [3.05, 3.63) is 59.5 Å². The van der Waals surface area contributed by atoms with Crippen LogP contribution in [-0.2, 0) is 0 Å². The van der Waals surface area contributed by atoms with Crippen molar-refractivity contribution in [2.45, 2.75) is 0 Å². The molecule has 0 atom stereocenters. The molecule has 4 rings (SSSR count). The van der Waals surface area contributed by atoms with Gasteiger partial charge in [0.15, 0.2) is 5.13 Å². The molecule has 1 amide bonds. The minimum atomic E-state index is 0.0891. The number of hydrogen-bond acceptors (Lipinski definition) is 6. The molecule has 29 heavy (non-hydrogen) atoms. The van der Waals surface area contributed by atoms with Crippen molar-refractivity contribution in [1.29, 1.82) is 0 Å². The molecule has 0 bridgehead atoms. The van der Waals surface area contributed by atoms with Gasteiger partial charge in [-0.25, -0.2) is 4.98 Å². The van der Waals surface area contributed by atoms with E-state index in [0.29, 0.717) is 13.1 Å². The highest BCUT2D eigenvalue weighted by molar-refractivity contribution is 7.14. The first kappa shape index (κ1) is 19.3. The van der Waals surface area contributed by atoms with E-state index in [2.05, 4.69) is 4.90 Å². The number of amides is 1. The van der Waals surface area contributed by atoms with Gasteiger partial charge in [0.25, 0.3) is 5.91 Å². The molecule has 7 heteroatoms. The van der Waals surface area contributed by atoms with E-state index in [1.807, 2.05) is 58.8 Å². The van der Waals surface area contributed by atoms with Crippen molar-refractivity contribution in [1.82, 2.24) is 9.88 Å². The first-order valence-corrected chi connectivity index (χ1v) is 10.3. The molecule has 0 N–H and O–H groups in total. The van der Waals surface area contributed by atoms with Crippen LogP contribution < -0.4 is 14.4 Å². The number of aromatic nitrogens is 1. The van der Waals surface area contributed by atoms with Gasteiger partial charge in [-0.15, -0.1) is 11.3 Å². The molecule has 0 spiro atoms. The number of hydrogen-bond donors (Lipinski definition) is 0. The van der Waals surface area contributed by atoms with Crippen LogP contribution in [0.15, 0.2) is 53.9 Å². The Balaban J connectivity index is 1.46. The number of carbonyl (C=O) groups excluding carboxylic acids is 1. The van der Waals surface area contributed by atoms with Gasteiger partial charge in [-0.2, -0.15) is 0 Å². The molecule has 6 nitrogen and oxygen atoms in total. The molecule has 0 saturated carbocycles. The van der Waals surface area contributed by atoms with E-state index in [9.17, 15) is 4.79 Å². The van der Waals surface area contributed by atoms with Crippen LogP contribution in [0.2, 0.25) is 0 Å². The maximum atomic E-state index is 12.6. The lowest BCUT2D eigenvalue weighted by Gasteiger charge is -2.34. The van der Waals surface area contributed by atoms with Crippen molar-refractivity contribution in [3.63, 3.8) is 0 Å². The van der Waals surface area contributed by atoms with Gasteiger partial charge in [-0.05, 0) is 30.3 Å². The summed E-state index contributed by atoms with van der Waals surface area (Å²) in [6.07, 6.45) is 0. The summed E-state index contributed by atoms with van der Waals surface area (Å²) in [5.74, 6) is 1.62. The third-order valence-electron chi connectivity index (χ3n) is 5.03. The second kappa shape index (κ2) is 8.53. The van der Waals surface area contributed by atoms with E-state index >= 15 is 0 Å². The fraction of sp³-hybridized carbons (Fsp3) is 0.273. The molecule has 1 aliphatic rings. The summed E-state index contributed by atoms with van der Waals surface area (Å²) in [7, 11) is 3.30. The number of anilines is 1. The van der Waals surface area contributed by atoms with E-state index in [1.54, 1.807) is 25.6 Å². The Bertz CT molecular complexity index is 982. The van der Waals surface area contributed by atoms with Gasteiger partial charge in [0, 0.05) is 42.7 Å². The molecular weight excluding hydrogens is 386 g/mol. The molecule has 0 radical (unpaired) electrons. The topological polar surface area (TPSA) is 54.9 Å². The summed E-state index contributed by atoms with van der Waals surface area (Å²) >= 11 is 1.60. The van der Waals surface area contributed by atoms with Gasteiger partial charge in [-0.3, -0.25) is 4.79 Å². The Morgan fingerprint density at radius 1 is 1.00 bits per heavy atom. The van der Waals surface area contributed by atoms with Crippen LogP contribution in [0.25, 0.3) is 11.3 Å². The second-order valence-corrected chi connectivity index (χ2v) is 7.56. The number of nitrogens with zero attached hydrogens (tertiary/aromatic N) is 3. The molecule has 2 heterocycles. The molecular formula is C22H23N3O3S. The largest absolute Gasteiger partial charge is 0.497 e. The van der Waals surface area contributed by atoms with Crippen molar-refractivity contribution in [2.75, 3.05) is 45.3 Å². The normalized spacial score (nSPS) is 14.0. The van der Waals surface area contributed by atoms with Gasteiger partial charge in [-0.1, -0.05) is 18.2 Å². The third kappa shape index (κ3) is 4.05. The fourth-order valence-corrected chi connectivity index (χ4v) is 4.29. The van der Waals surface area contributed by atoms with Gasteiger partial charge in [0.2, 0.25) is 0 Å². The van der Waals surface area contributed by atoms with E-state index < -0.39 is 0 Å². The summed E-state index contributed by atoms with van der Waals surface area (Å²) in [5.41, 5.74) is 2.51. The van der Waals surface area contributed by atoms with E-state index in [0.717, 1.165) is 46.5 Å². The lowest BCUT2D eigenvalue weighted by molar-refractivity contribution is 0.0747. The Morgan fingerprint density at radius 2 is 1.76 bits per heavy atom. The first-order valence-electron chi connectivity index (χ1n) is 9.47. The lowest BCUT2D eigenvalue weighted by Crippen LogP contribution is -2.48. The monoisotopic (exact) mass is 409 g/mol. The summed E-state index contributed by atoms with van der Waals surface area (Å²) in [5, 5.41) is 2.99. The lowest BCUT2D eigenvalue weighted by atomic mass is 10.1. The highest BCUT2D eigenvalue weighted by atomic mass is 32.1.